The maximum atomic E-state index is 12.1. The maximum Gasteiger partial charge on any atom is 0.237 e. The predicted octanol–water partition coefficient (Wildman–Crippen LogP) is 3.41. The van der Waals surface area contributed by atoms with Gasteiger partial charge in [0.2, 0.25) is 5.91 Å². The van der Waals surface area contributed by atoms with Gasteiger partial charge in [-0.15, -0.1) is 12.4 Å². The molecule has 0 fully saturated rings. The fraction of sp³-hybridized carbons (Fsp3) is 0.611. The molecule has 0 bridgehead atoms. The van der Waals surface area contributed by atoms with Crippen LogP contribution in [0.25, 0.3) is 0 Å². The Morgan fingerprint density at radius 3 is 2.52 bits per heavy atom. The molecular weight excluding hydrogens is 360 g/mol. The summed E-state index contributed by atoms with van der Waals surface area (Å²) in [7, 11) is 1.61. The van der Waals surface area contributed by atoms with E-state index in [1.807, 2.05) is 31.4 Å². The summed E-state index contributed by atoms with van der Waals surface area (Å²) in [6.07, 6.45) is 2.67. The fourth-order valence-electron chi connectivity index (χ4n) is 2.11. The van der Waals surface area contributed by atoms with Crippen LogP contribution in [0.4, 0.5) is 0 Å². The number of carbonyl (C=O) groups is 1. The second-order valence-corrected chi connectivity index (χ2v) is 7.22. The van der Waals surface area contributed by atoms with Gasteiger partial charge in [0.05, 0.1) is 25.8 Å². The average molecular weight is 391 g/mol. The lowest BCUT2D eigenvalue weighted by atomic mass is 10.1. The van der Waals surface area contributed by atoms with Gasteiger partial charge in [-0.2, -0.15) is 11.8 Å². The third-order valence-electron chi connectivity index (χ3n) is 3.59. The number of rotatable bonds is 10. The van der Waals surface area contributed by atoms with Gasteiger partial charge in [0, 0.05) is 0 Å². The van der Waals surface area contributed by atoms with Crippen LogP contribution in [0.3, 0.4) is 0 Å². The van der Waals surface area contributed by atoms with E-state index in [0.717, 1.165) is 11.3 Å². The lowest BCUT2D eigenvalue weighted by molar-refractivity contribution is -0.123. The summed E-state index contributed by atoms with van der Waals surface area (Å²) in [6, 6.07) is 5.10. The number of halogens is 1. The second kappa shape index (κ2) is 12.3. The molecule has 25 heavy (non-hydrogen) atoms. The van der Waals surface area contributed by atoms with Gasteiger partial charge in [0.15, 0.2) is 11.5 Å². The van der Waals surface area contributed by atoms with E-state index in [1.54, 1.807) is 18.9 Å². The number of hydrogen-bond acceptors (Lipinski definition) is 5. The molecule has 0 spiro atoms. The van der Waals surface area contributed by atoms with Gasteiger partial charge in [-0.25, -0.2) is 0 Å². The van der Waals surface area contributed by atoms with Crippen LogP contribution in [0.1, 0.15) is 38.8 Å². The first-order valence-corrected chi connectivity index (χ1v) is 9.64. The van der Waals surface area contributed by atoms with Gasteiger partial charge < -0.3 is 20.5 Å². The standard InChI is InChI=1S/C18H30N2O3S.ClH/c1-12(2)11-23-16-7-6-14(10-17(16)22-4)13(3)20-18(21)15(19)8-9-24-5;/h6-7,10,12-13,15H,8-9,11,19H2,1-5H3,(H,20,21);1H. The van der Waals surface area contributed by atoms with Crippen LogP contribution in [0, 0.1) is 5.92 Å². The van der Waals surface area contributed by atoms with Gasteiger partial charge in [0.1, 0.15) is 0 Å². The molecule has 0 saturated heterocycles. The van der Waals surface area contributed by atoms with Crippen LogP contribution in [0.2, 0.25) is 0 Å². The molecule has 1 aromatic carbocycles. The zero-order valence-electron chi connectivity index (χ0n) is 15.7. The van der Waals surface area contributed by atoms with E-state index in [-0.39, 0.29) is 24.4 Å². The molecule has 0 heterocycles. The summed E-state index contributed by atoms with van der Waals surface area (Å²) in [5, 5.41) is 2.96. The molecule has 144 valence electrons. The van der Waals surface area contributed by atoms with E-state index in [1.165, 1.54) is 0 Å². The Bertz CT molecular complexity index is 529. The number of carbonyl (C=O) groups excluding carboxylic acids is 1. The normalized spacial score (nSPS) is 12.9. The summed E-state index contributed by atoms with van der Waals surface area (Å²) >= 11 is 1.69. The molecule has 0 saturated carbocycles. The number of nitrogens with two attached hydrogens (primary N) is 1. The first kappa shape index (κ1) is 23.9. The van der Waals surface area contributed by atoms with E-state index in [4.69, 9.17) is 15.2 Å². The summed E-state index contributed by atoms with van der Waals surface area (Å²) in [5.74, 6) is 2.57. The van der Waals surface area contributed by atoms with Gasteiger partial charge in [-0.3, -0.25) is 4.79 Å². The fourth-order valence-corrected chi connectivity index (χ4v) is 2.60. The number of ether oxygens (including phenoxy) is 2. The number of hydrogen-bond donors (Lipinski definition) is 2. The highest BCUT2D eigenvalue weighted by Crippen LogP contribution is 2.30. The van der Waals surface area contributed by atoms with E-state index in [2.05, 4.69) is 19.2 Å². The highest BCUT2D eigenvalue weighted by molar-refractivity contribution is 7.98. The second-order valence-electron chi connectivity index (χ2n) is 6.23. The molecule has 7 heteroatoms. The molecule has 1 amide bonds. The van der Waals surface area contributed by atoms with E-state index in [0.29, 0.717) is 30.4 Å². The lowest BCUT2D eigenvalue weighted by Crippen LogP contribution is -2.41. The van der Waals surface area contributed by atoms with Crippen molar-refractivity contribution in [1.29, 1.82) is 0 Å². The third-order valence-corrected chi connectivity index (χ3v) is 4.23. The minimum atomic E-state index is -0.476. The Hall–Kier alpha value is -1.11. The Balaban J connectivity index is 0.00000576. The SMILES string of the molecule is COc1cc(C(C)NC(=O)C(N)CCSC)ccc1OCC(C)C.Cl. The molecule has 0 aliphatic carbocycles. The monoisotopic (exact) mass is 390 g/mol. The summed E-state index contributed by atoms with van der Waals surface area (Å²) < 4.78 is 11.2. The van der Waals surface area contributed by atoms with Gasteiger partial charge in [0.25, 0.3) is 0 Å². The lowest BCUT2D eigenvalue weighted by Gasteiger charge is -2.19. The Kier molecular flexibility index (Phi) is 11.7. The maximum absolute atomic E-state index is 12.1. The first-order valence-electron chi connectivity index (χ1n) is 8.24. The first-order chi connectivity index (χ1) is 11.4. The molecule has 0 radical (unpaired) electrons. The molecule has 1 aromatic rings. The van der Waals surface area contributed by atoms with E-state index >= 15 is 0 Å². The smallest absolute Gasteiger partial charge is 0.237 e. The summed E-state index contributed by atoms with van der Waals surface area (Å²) in [5.41, 5.74) is 6.86. The molecule has 2 atom stereocenters. The minimum Gasteiger partial charge on any atom is -0.493 e. The molecule has 0 aliphatic rings. The zero-order valence-corrected chi connectivity index (χ0v) is 17.3. The number of thioether (sulfide) groups is 1. The quantitative estimate of drug-likeness (QED) is 0.640. The average Bonchev–Trinajstić information content (AvgIpc) is 2.57. The predicted molar refractivity (Wildman–Crippen MR) is 108 cm³/mol. The minimum absolute atomic E-state index is 0. The van der Waals surface area contributed by atoms with Crippen molar-refractivity contribution in [3.63, 3.8) is 0 Å². The van der Waals surface area contributed by atoms with Gasteiger partial charge in [-0.05, 0) is 49.0 Å². The number of methoxy groups -OCH3 is 1. The van der Waals surface area contributed by atoms with Crippen LogP contribution in [-0.4, -0.2) is 37.7 Å². The highest BCUT2D eigenvalue weighted by atomic mass is 35.5. The molecule has 1 rings (SSSR count). The number of amides is 1. The molecule has 2 unspecified atom stereocenters. The summed E-state index contributed by atoms with van der Waals surface area (Å²) in [4.78, 5) is 12.1. The number of nitrogens with one attached hydrogen (secondary N) is 1. The van der Waals surface area contributed by atoms with E-state index in [9.17, 15) is 4.79 Å². The number of benzene rings is 1. The van der Waals surface area contributed by atoms with Crippen molar-refractivity contribution in [2.45, 2.75) is 39.3 Å². The van der Waals surface area contributed by atoms with Crippen LogP contribution in [-0.2, 0) is 4.79 Å². The zero-order chi connectivity index (χ0) is 18.1. The largest absolute Gasteiger partial charge is 0.493 e. The topological polar surface area (TPSA) is 73.6 Å². The summed E-state index contributed by atoms with van der Waals surface area (Å²) in [6.45, 7) is 6.76. The van der Waals surface area contributed by atoms with Crippen molar-refractivity contribution in [3.8, 4) is 11.5 Å². The van der Waals surface area contributed by atoms with Gasteiger partial charge in [-0.1, -0.05) is 19.9 Å². The highest BCUT2D eigenvalue weighted by Gasteiger charge is 2.17. The molecule has 3 N–H and O–H groups in total. The van der Waals surface area contributed by atoms with E-state index < -0.39 is 6.04 Å². The van der Waals surface area contributed by atoms with Gasteiger partial charge >= 0.3 is 0 Å². The van der Waals surface area contributed by atoms with Crippen molar-refractivity contribution >= 4 is 30.1 Å². The van der Waals surface area contributed by atoms with Crippen molar-refractivity contribution in [2.75, 3.05) is 25.7 Å². The van der Waals surface area contributed by atoms with Crippen LogP contribution in [0.15, 0.2) is 18.2 Å². The van der Waals surface area contributed by atoms with Crippen LogP contribution >= 0.6 is 24.2 Å². The van der Waals surface area contributed by atoms with Crippen molar-refractivity contribution in [1.82, 2.24) is 5.32 Å². The molecule has 0 aliphatic heterocycles. The van der Waals surface area contributed by atoms with Crippen LogP contribution < -0.4 is 20.5 Å². The molecule has 0 aromatic heterocycles. The Morgan fingerprint density at radius 2 is 1.96 bits per heavy atom. The third kappa shape index (κ3) is 8.21. The van der Waals surface area contributed by atoms with Crippen molar-refractivity contribution < 1.29 is 14.3 Å². The Morgan fingerprint density at radius 1 is 1.28 bits per heavy atom. The van der Waals surface area contributed by atoms with Crippen LogP contribution in [0.5, 0.6) is 11.5 Å². The molecular formula is C18H31ClN2O3S. The van der Waals surface area contributed by atoms with Crippen molar-refractivity contribution in [3.05, 3.63) is 23.8 Å². The Labute approximate surface area is 161 Å². The van der Waals surface area contributed by atoms with Crippen molar-refractivity contribution in [2.24, 2.45) is 11.7 Å². The molecule has 5 nitrogen and oxygen atoms in total.